The number of ether oxygens (including phenoxy) is 1. The van der Waals surface area contributed by atoms with E-state index in [9.17, 15) is 14.9 Å². The Bertz CT molecular complexity index is 1050. The molecule has 0 spiro atoms. The van der Waals surface area contributed by atoms with E-state index in [2.05, 4.69) is 4.98 Å². The Morgan fingerprint density at radius 3 is 2.45 bits per heavy atom. The Hall–Kier alpha value is -3.39. The molecular formula is C23H23N3O4S. The van der Waals surface area contributed by atoms with Gasteiger partial charge in [-0.1, -0.05) is 30.3 Å². The van der Waals surface area contributed by atoms with Gasteiger partial charge in [-0.25, -0.2) is 0 Å². The number of nitro groups is 1. The van der Waals surface area contributed by atoms with Crippen LogP contribution in [0.1, 0.15) is 21.5 Å². The number of benzene rings is 2. The maximum Gasteiger partial charge on any atom is 0.285 e. The lowest BCUT2D eigenvalue weighted by Gasteiger charge is -2.23. The first-order chi connectivity index (χ1) is 15.0. The first kappa shape index (κ1) is 22.3. The first-order valence-electron chi connectivity index (χ1n) is 9.66. The van der Waals surface area contributed by atoms with Gasteiger partial charge in [0.1, 0.15) is 11.3 Å². The number of nitrogens with zero attached hydrogens (tertiary/aromatic N) is 3. The highest BCUT2D eigenvalue weighted by Crippen LogP contribution is 2.35. The predicted octanol–water partition coefficient (Wildman–Crippen LogP) is 4.61. The van der Waals surface area contributed by atoms with E-state index in [0.717, 1.165) is 11.1 Å². The molecule has 7 nitrogen and oxygen atoms in total. The number of hydrogen-bond acceptors (Lipinski definition) is 6. The van der Waals surface area contributed by atoms with Gasteiger partial charge in [-0.3, -0.25) is 19.9 Å². The largest absolute Gasteiger partial charge is 0.495 e. The highest BCUT2D eigenvalue weighted by Gasteiger charge is 2.27. The average molecular weight is 438 g/mol. The first-order valence-corrected chi connectivity index (χ1v) is 10.9. The number of hydrogen-bond donors (Lipinski definition) is 0. The number of thioether (sulfide) groups is 1. The molecule has 0 saturated carbocycles. The van der Waals surface area contributed by atoms with Crippen LogP contribution in [0.3, 0.4) is 0 Å². The molecule has 0 aliphatic heterocycles. The fourth-order valence-corrected chi connectivity index (χ4v) is 3.81. The van der Waals surface area contributed by atoms with Crippen LogP contribution >= 0.6 is 11.8 Å². The smallest absolute Gasteiger partial charge is 0.285 e. The van der Waals surface area contributed by atoms with Gasteiger partial charge in [0, 0.05) is 25.5 Å². The van der Waals surface area contributed by atoms with Crippen molar-refractivity contribution in [3.05, 3.63) is 93.8 Å². The van der Waals surface area contributed by atoms with Crippen molar-refractivity contribution >= 4 is 23.4 Å². The summed E-state index contributed by atoms with van der Waals surface area (Å²) in [6.07, 6.45) is 5.80. The second-order valence-corrected chi connectivity index (χ2v) is 7.65. The van der Waals surface area contributed by atoms with Crippen LogP contribution in [0.5, 0.6) is 5.75 Å². The summed E-state index contributed by atoms with van der Waals surface area (Å²) in [5.41, 5.74) is 1.78. The van der Waals surface area contributed by atoms with Crippen LogP contribution in [0.25, 0.3) is 0 Å². The van der Waals surface area contributed by atoms with E-state index in [1.807, 2.05) is 48.7 Å². The molecule has 3 rings (SSSR count). The molecule has 0 radical (unpaired) electrons. The maximum atomic E-state index is 13.5. The number of amides is 1. The van der Waals surface area contributed by atoms with Gasteiger partial charge in [0.2, 0.25) is 0 Å². The molecule has 1 amide bonds. The van der Waals surface area contributed by atoms with Gasteiger partial charge in [0.15, 0.2) is 0 Å². The summed E-state index contributed by atoms with van der Waals surface area (Å²) in [4.78, 5) is 31.0. The van der Waals surface area contributed by atoms with Gasteiger partial charge in [0.05, 0.1) is 23.0 Å². The maximum absolute atomic E-state index is 13.5. The number of carbonyl (C=O) groups excluding carboxylic acids is 1. The van der Waals surface area contributed by atoms with Crippen LogP contribution < -0.4 is 4.74 Å². The molecule has 0 bridgehead atoms. The monoisotopic (exact) mass is 437 g/mol. The minimum Gasteiger partial charge on any atom is -0.495 e. The van der Waals surface area contributed by atoms with E-state index >= 15 is 0 Å². The molecule has 0 saturated heterocycles. The second-order valence-electron chi connectivity index (χ2n) is 6.80. The zero-order valence-corrected chi connectivity index (χ0v) is 18.2. The molecule has 8 heteroatoms. The fraction of sp³-hybridized carbons (Fsp3) is 0.217. The molecule has 0 atom stereocenters. The van der Waals surface area contributed by atoms with E-state index in [-0.39, 0.29) is 11.3 Å². The molecule has 3 aromatic rings. The van der Waals surface area contributed by atoms with Crippen LogP contribution in [0, 0.1) is 10.1 Å². The van der Waals surface area contributed by atoms with Crippen LogP contribution in [0.2, 0.25) is 0 Å². The molecule has 0 aliphatic carbocycles. The van der Waals surface area contributed by atoms with E-state index in [0.29, 0.717) is 30.2 Å². The third kappa shape index (κ3) is 5.61. The number of pyridine rings is 1. The summed E-state index contributed by atoms with van der Waals surface area (Å²) in [5.74, 6) is -0.0156. The van der Waals surface area contributed by atoms with Gasteiger partial charge in [-0.2, -0.15) is 0 Å². The SMILES string of the molecule is COc1cc([N+](=O)[O-])c(C(=O)N(CCc2ccccc2)Cc2ccncc2)cc1SC. The molecule has 0 aliphatic rings. The van der Waals surface area contributed by atoms with Crippen molar-refractivity contribution in [2.24, 2.45) is 0 Å². The van der Waals surface area contributed by atoms with Crippen molar-refractivity contribution in [2.45, 2.75) is 17.9 Å². The normalized spacial score (nSPS) is 10.5. The van der Waals surface area contributed by atoms with Gasteiger partial charge < -0.3 is 9.64 Å². The topological polar surface area (TPSA) is 85.6 Å². The van der Waals surface area contributed by atoms with Crippen LogP contribution in [0.4, 0.5) is 5.69 Å². The zero-order chi connectivity index (χ0) is 22.2. The average Bonchev–Trinajstić information content (AvgIpc) is 2.81. The highest BCUT2D eigenvalue weighted by atomic mass is 32.2. The predicted molar refractivity (Wildman–Crippen MR) is 121 cm³/mol. The third-order valence-corrected chi connectivity index (χ3v) is 5.61. The van der Waals surface area contributed by atoms with Crippen molar-refractivity contribution in [3.8, 4) is 5.75 Å². The number of nitro benzene ring substituents is 1. The number of methoxy groups -OCH3 is 1. The van der Waals surface area contributed by atoms with Crippen molar-refractivity contribution in [1.29, 1.82) is 0 Å². The Morgan fingerprint density at radius 1 is 1.13 bits per heavy atom. The Labute approximate surface area is 185 Å². The van der Waals surface area contributed by atoms with E-state index in [1.54, 1.807) is 23.4 Å². The number of aromatic nitrogens is 1. The quantitative estimate of drug-likeness (QED) is 0.276. The Morgan fingerprint density at radius 2 is 1.84 bits per heavy atom. The molecule has 1 heterocycles. The minimum atomic E-state index is -0.540. The Balaban J connectivity index is 1.97. The lowest BCUT2D eigenvalue weighted by molar-refractivity contribution is -0.385. The van der Waals surface area contributed by atoms with Crippen LogP contribution in [-0.4, -0.2) is 40.6 Å². The highest BCUT2D eigenvalue weighted by molar-refractivity contribution is 7.98. The molecule has 160 valence electrons. The fourth-order valence-electron chi connectivity index (χ4n) is 3.23. The van der Waals surface area contributed by atoms with E-state index in [4.69, 9.17) is 4.74 Å². The molecule has 0 unspecified atom stereocenters. The van der Waals surface area contributed by atoms with Gasteiger partial charge in [-0.15, -0.1) is 11.8 Å². The number of rotatable bonds is 9. The number of carbonyl (C=O) groups is 1. The molecule has 0 fully saturated rings. The zero-order valence-electron chi connectivity index (χ0n) is 17.4. The molecule has 1 aromatic heterocycles. The lowest BCUT2D eigenvalue weighted by Crippen LogP contribution is -2.33. The minimum absolute atomic E-state index is 0.0530. The summed E-state index contributed by atoms with van der Waals surface area (Å²) in [5, 5.41) is 11.7. The molecule has 0 N–H and O–H groups in total. The second kappa shape index (κ2) is 10.6. The van der Waals surface area contributed by atoms with Gasteiger partial charge >= 0.3 is 0 Å². The van der Waals surface area contributed by atoms with Gasteiger partial charge in [0.25, 0.3) is 11.6 Å². The van der Waals surface area contributed by atoms with E-state index < -0.39 is 10.8 Å². The Kier molecular flexibility index (Phi) is 7.61. The van der Waals surface area contributed by atoms with Crippen LogP contribution in [0.15, 0.2) is 71.9 Å². The summed E-state index contributed by atoms with van der Waals surface area (Å²) in [7, 11) is 1.45. The summed E-state index contributed by atoms with van der Waals surface area (Å²) in [6.45, 7) is 0.745. The summed E-state index contributed by atoms with van der Waals surface area (Å²) in [6, 6.07) is 16.4. The lowest BCUT2D eigenvalue weighted by atomic mass is 10.1. The summed E-state index contributed by atoms with van der Waals surface area (Å²) < 4.78 is 5.27. The molecule has 2 aromatic carbocycles. The van der Waals surface area contributed by atoms with Crippen molar-refractivity contribution in [3.63, 3.8) is 0 Å². The van der Waals surface area contributed by atoms with Crippen molar-refractivity contribution < 1.29 is 14.5 Å². The van der Waals surface area contributed by atoms with Crippen molar-refractivity contribution in [1.82, 2.24) is 9.88 Å². The van der Waals surface area contributed by atoms with Gasteiger partial charge in [-0.05, 0) is 42.0 Å². The molecule has 31 heavy (non-hydrogen) atoms. The summed E-state index contributed by atoms with van der Waals surface area (Å²) >= 11 is 1.37. The van der Waals surface area contributed by atoms with Crippen LogP contribution in [-0.2, 0) is 13.0 Å². The van der Waals surface area contributed by atoms with Crippen molar-refractivity contribution in [2.75, 3.05) is 19.9 Å². The standard InChI is InChI=1S/C23H23N3O4S/c1-30-21-15-20(26(28)29)19(14-22(21)31-2)23(27)25(16-18-8-11-24-12-9-18)13-10-17-6-4-3-5-7-17/h3-9,11-12,14-15H,10,13,16H2,1-2H3. The third-order valence-electron chi connectivity index (χ3n) is 4.85. The molecular weight excluding hydrogens is 414 g/mol. The van der Waals surface area contributed by atoms with E-state index in [1.165, 1.54) is 24.9 Å².